The van der Waals surface area contributed by atoms with Crippen molar-refractivity contribution < 1.29 is 9.18 Å². The molecule has 0 fully saturated rings. The quantitative estimate of drug-likeness (QED) is 0.393. The Labute approximate surface area is 187 Å². The summed E-state index contributed by atoms with van der Waals surface area (Å²) >= 11 is 0. The van der Waals surface area contributed by atoms with E-state index in [4.69, 9.17) is 0 Å². The number of hydrogen-bond acceptors (Lipinski definition) is 4. The van der Waals surface area contributed by atoms with Crippen LogP contribution in [-0.2, 0) is 6.42 Å². The topological polar surface area (TPSA) is 92.2 Å². The highest BCUT2D eigenvalue weighted by atomic mass is 19.1. The highest BCUT2D eigenvalue weighted by molar-refractivity contribution is 5.98. The summed E-state index contributed by atoms with van der Waals surface area (Å²) in [7, 11) is 0. The van der Waals surface area contributed by atoms with Crippen LogP contribution < -0.4 is 10.9 Å². The zero-order chi connectivity index (χ0) is 22.8. The van der Waals surface area contributed by atoms with Gasteiger partial charge in [0.1, 0.15) is 11.5 Å². The predicted molar refractivity (Wildman–Crippen MR) is 124 cm³/mol. The minimum absolute atomic E-state index is 0.229. The van der Waals surface area contributed by atoms with E-state index in [-0.39, 0.29) is 11.6 Å². The third kappa shape index (κ3) is 4.10. The molecule has 0 atom stereocenters. The van der Waals surface area contributed by atoms with Crippen molar-refractivity contribution in [3.8, 4) is 11.3 Å². The van der Waals surface area contributed by atoms with Gasteiger partial charge in [-0.3, -0.25) is 9.59 Å². The number of carbonyl (C=O) groups excluding carboxylic acids is 1. The van der Waals surface area contributed by atoms with Gasteiger partial charge in [0, 0.05) is 17.7 Å². The summed E-state index contributed by atoms with van der Waals surface area (Å²) in [5.74, 6) is -0.643. The molecule has 0 aliphatic carbocycles. The SMILES string of the molecule is O=C(NCCCc1ccccc1)c1ccc2c(=O)nc3c(-c4cccc(F)c4)n[nH]n3c2c1. The number of aromatic nitrogens is 4. The Kier molecular flexibility index (Phi) is 5.40. The second-order valence-electron chi connectivity index (χ2n) is 7.72. The first kappa shape index (κ1) is 20.6. The predicted octanol–water partition coefficient (Wildman–Crippen LogP) is 3.74. The number of nitrogens with one attached hydrogen (secondary N) is 2. The summed E-state index contributed by atoms with van der Waals surface area (Å²) in [6.45, 7) is 0.533. The molecule has 0 saturated carbocycles. The van der Waals surface area contributed by atoms with Crippen molar-refractivity contribution in [2.75, 3.05) is 6.54 Å². The molecule has 2 heterocycles. The van der Waals surface area contributed by atoms with E-state index in [1.807, 2.05) is 18.2 Å². The maximum absolute atomic E-state index is 13.7. The first-order valence-corrected chi connectivity index (χ1v) is 10.6. The van der Waals surface area contributed by atoms with Gasteiger partial charge >= 0.3 is 0 Å². The van der Waals surface area contributed by atoms with Crippen molar-refractivity contribution in [1.82, 2.24) is 25.1 Å². The lowest BCUT2D eigenvalue weighted by molar-refractivity contribution is 0.0953. The molecule has 7 nitrogen and oxygen atoms in total. The molecule has 0 bridgehead atoms. The van der Waals surface area contributed by atoms with E-state index in [2.05, 4.69) is 32.7 Å². The normalized spacial score (nSPS) is 11.2. The zero-order valence-electron chi connectivity index (χ0n) is 17.6. The molecule has 0 spiro atoms. The van der Waals surface area contributed by atoms with E-state index in [0.717, 1.165) is 12.8 Å². The molecule has 5 rings (SSSR count). The van der Waals surface area contributed by atoms with Crippen LogP contribution in [-0.4, -0.2) is 32.3 Å². The first-order valence-electron chi connectivity index (χ1n) is 10.6. The van der Waals surface area contributed by atoms with Crippen LogP contribution in [0.3, 0.4) is 0 Å². The van der Waals surface area contributed by atoms with Crippen LogP contribution in [0.5, 0.6) is 0 Å². The molecule has 2 aromatic heterocycles. The summed E-state index contributed by atoms with van der Waals surface area (Å²) < 4.78 is 15.2. The Bertz CT molecular complexity index is 1520. The fourth-order valence-electron chi connectivity index (χ4n) is 3.84. The molecular formula is C25H20FN5O2. The number of rotatable bonds is 6. The average Bonchev–Trinajstić information content (AvgIpc) is 3.26. The van der Waals surface area contributed by atoms with Crippen LogP contribution in [0.15, 0.2) is 77.6 Å². The van der Waals surface area contributed by atoms with Gasteiger partial charge in [-0.15, -0.1) is 0 Å². The van der Waals surface area contributed by atoms with Crippen LogP contribution in [0.4, 0.5) is 4.39 Å². The average molecular weight is 441 g/mol. The fraction of sp³-hybridized carbons (Fsp3) is 0.120. The second-order valence-corrected chi connectivity index (χ2v) is 7.72. The van der Waals surface area contributed by atoms with E-state index < -0.39 is 11.4 Å². The lowest BCUT2D eigenvalue weighted by Gasteiger charge is -2.07. The van der Waals surface area contributed by atoms with Crippen LogP contribution in [0.25, 0.3) is 27.8 Å². The zero-order valence-corrected chi connectivity index (χ0v) is 17.6. The highest BCUT2D eigenvalue weighted by Gasteiger charge is 2.16. The molecule has 5 aromatic rings. The van der Waals surface area contributed by atoms with Gasteiger partial charge in [-0.2, -0.15) is 10.1 Å². The Hall–Kier alpha value is -4.33. The third-order valence-electron chi connectivity index (χ3n) is 5.49. The molecule has 0 saturated heterocycles. The largest absolute Gasteiger partial charge is 0.352 e. The standard InChI is InChI=1S/C25H20FN5O2/c26-19-10-4-9-17(14-19)22-23-28-25(33)20-12-11-18(15-21(20)31(23)30-29-22)24(32)27-13-5-8-16-6-2-1-3-7-16/h1-4,6-7,9-12,14-15,30H,5,8,13H2,(H,27,32). The fourth-order valence-corrected chi connectivity index (χ4v) is 3.84. The molecular weight excluding hydrogens is 421 g/mol. The maximum atomic E-state index is 13.7. The summed E-state index contributed by atoms with van der Waals surface area (Å²) in [6, 6.07) is 20.8. The summed E-state index contributed by atoms with van der Waals surface area (Å²) in [5, 5.41) is 10.3. The number of fused-ring (bicyclic) bond motifs is 3. The lowest BCUT2D eigenvalue weighted by Crippen LogP contribution is -2.25. The monoisotopic (exact) mass is 441 g/mol. The van der Waals surface area contributed by atoms with Gasteiger partial charge < -0.3 is 5.32 Å². The number of amides is 1. The van der Waals surface area contributed by atoms with Gasteiger partial charge in [-0.25, -0.2) is 14.1 Å². The molecule has 8 heteroatoms. The Morgan fingerprint density at radius 3 is 2.70 bits per heavy atom. The van der Waals surface area contributed by atoms with Crippen LogP contribution in [0.2, 0.25) is 0 Å². The molecule has 1 amide bonds. The lowest BCUT2D eigenvalue weighted by atomic mass is 10.1. The number of aryl methyl sites for hydroxylation is 1. The number of carbonyl (C=O) groups is 1. The Morgan fingerprint density at radius 1 is 1.03 bits per heavy atom. The van der Waals surface area contributed by atoms with E-state index in [1.165, 1.54) is 22.2 Å². The molecule has 0 radical (unpaired) electrons. The summed E-state index contributed by atoms with van der Waals surface area (Å²) in [6.07, 6.45) is 1.69. The van der Waals surface area contributed by atoms with Crippen molar-refractivity contribution in [1.29, 1.82) is 0 Å². The molecule has 3 aromatic carbocycles. The van der Waals surface area contributed by atoms with Gasteiger partial charge in [-0.05, 0) is 48.7 Å². The minimum atomic E-state index is -0.445. The third-order valence-corrected chi connectivity index (χ3v) is 5.49. The number of aromatic amines is 1. The summed E-state index contributed by atoms with van der Waals surface area (Å²) in [4.78, 5) is 29.5. The van der Waals surface area contributed by atoms with Crippen molar-refractivity contribution in [2.24, 2.45) is 0 Å². The molecule has 33 heavy (non-hydrogen) atoms. The number of halogens is 1. The van der Waals surface area contributed by atoms with E-state index in [1.54, 1.807) is 30.3 Å². The maximum Gasteiger partial charge on any atom is 0.281 e. The van der Waals surface area contributed by atoms with Gasteiger partial charge in [-0.1, -0.05) is 42.5 Å². The first-order chi connectivity index (χ1) is 16.1. The Morgan fingerprint density at radius 2 is 1.88 bits per heavy atom. The number of hydrogen-bond donors (Lipinski definition) is 2. The van der Waals surface area contributed by atoms with Crippen molar-refractivity contribution in [3.63, 3.8) is 0 Å². The molecule has 2 N–H and O–H groups in total. The van der Waals surface area contributed by atoms with Crippen molar-refractivity contribution in [3.05, 3.63) is 100 Å². The smallest absolute Gasteiger partial charge is 0.281 e. The Balaban J connectivity index is 1.42. The number of nitrogens with zero attached hydrogens (tertiary/aromatic N) is 3. The van der Waals surface area contributed by atoms with Crippen molar-refractivity contribution >= 4 is 22.5 Å². The van der Waals surface area contributed by atoms with E-state index in [0.29, 0.717) is 34.3 Å². The molecule has 0 unspecified atom stereocenters. The number of H-pyrrole nitrogens is 1. The van der Waals surface area contributed by atoms with Gasteiger partial charge in [0.15, 0.2) is 5.65 Å². The van der Waals surface area contributed by atoms with E-state index >= 15 is 0 Å². The van der Waals surface area contributed by atoms with Crippen LogP contribution >= 0.6 is 0 Å². The van der Waals surface area contributed by atoms with Crippen molar-refractivity contribution in [2.45, 2.75) is 12.8 Å². The van der Waals surface area contributed by atoms with Crippen LogP contribution in [0.1, 0.15) is 22.3 Å². The molecule has 0 aliphatic rings. The van der Waals surface area contributed by atoms with Gasteiger partial charge in [0.25, 0.3) is 11.5 Å². The highest BCUT2D eigenvalue weighted by Crippen LogP contribution is 2.23. The van der Waals surface area contributed by atoms with Gasteiger partial charge in [0.2, 0.25) is 0 Å². The molecule has 164 valence electrons. The summed E-state index contributed by atoms with van der Waals surface area (Å²) in [5.41, 5.74) is 2.77. The number of benzene rings is 3. The van der Waals surface area contributed by atoms with E-state index in [9.17, 15) is 14.0 Å². The van der Waals surface area contributed by atoms with Crippen LogP contribution in [0, 0.1) is 5.82 Å². The molecule has 0 aliphatic heterocycles. The van der Waals surface area contributed by atoms with Gasteiger partial charge in [0.05, 0.1) is 10.9 Å². The second kappa shape index (κ2) is 8.66. The minimum Gasteiger partial charge on any atom is -0.352 e.